The van der Waals surface area contributed by atoms with Gasteiger partial charge in [-0.05, 0) is 54.8 Å². The molecule has 1 saturated heterocycles. The number of benzene rings is 2. The van der Waals surface area contributed by atoms with Crippen molar-refractivity contribution in [2.45, 2.75) is 32.5 Å². The van der Waals surface area contributed by atoms with Crippen LogP contribution in [0.3, 0.4) is 0 Å². The highest BCUT2D eigenvalue weighted by Gasteiger charge is 2.11. The van der Waals surface area contributed by atoms with E-state index >= 15 is 0 Å². The lowest BCUT2D eigenvalue weighted by atomic mass is 10.1. The molecule has 1 aliphatic rings. The van der Waals surface area contributed by atoms with Crippen molar-refractivity contribution in [1.29, 1.82) is 0 Å². The van der Waals surface area contributed by atoms with Gasteiger partial charge in [0, 0.05) is 45.0 Å². The Morgan fingerprint density at radius 2 is 1.67 bits per heavy atom. The van der Waals surface area contributed by atoms with Crippen LogP contribution in [0.25, 0.3) is 0 Å². The van der Waals surface area contributed by atoms with Crippen LogP contribution in [0.5, 0.6) is 11.6 Å². The summed E-state index contributed by atoms with van der Waals surface area (Å²) in [7, 11) is 1.75. The van der Waals surface area contributed by atoms with E-state index in [-0.39, 0.29) is 5.82 Å². The van der Waals surface area contributed by atoms with Gasteiger partial charge in [0.15, 0.2) is 5.96 Å². The first-order chi connectivity index (χ1) is 16.2. The number of hydrogen-bond donors (Lipinski definition) is 2. The summed E-state index contributed by atoms with van der Waals surface area (Å²) in [5, 5.41) is 6.64. The van der Waals surface area contributed by atoms with Gasteiger partial charge in [0.1, 0.15) is 11.6 Å². The fourth-order valence-electron chi connectivity index (χ4n) is 3.78. The predicted octanol–water partition coefficient (Wildman–Crippen LogP) is 4.47. The fraction of sp³-hybridized carbons (Fsp3) is 0.308. The molecule has 2 N–H and O–H groups in total. The van der Waals surface area contributed by atoms with Gasteiger partial charge in [0.05, 0.1) is 0 Å². The van der Waals surface area contributed by atoms with Gasteiger partial charge in [0.2, 0.25) is 5.88 Å². The Balaban J connectivity index is 1.22. The van der Waals surface area contributed by atoms with E-state index in [0.717, 1.165) is 18.1 Å². The Kier molecular flexibility index (Phi) is 7.87. The van der Waals surface area contributed by atoms with Crippen molar-refractivity contribution >= 4 is 5.96 Å². The SMILES string of the molecule is CN=C(NCc1ccc(CN2CCCC2)cc1)NCc1ccc(Oc2cccc(F)c2)nc1. The third-order valence-electron chi connectivity index (χ3n) is 5.59. The maximum atomic E-state index is 13.3. The Hall–Kier alpha value is -3.45. The first kappa shape index (κ1) is 22.7. The summed E-state index contributed by atoms with van der Waals surface area (Å²) >= 11 is 0. The average Bonchev–Trinajstić information content (AvgIpc) is 3.34. The van der Waals surface area contributed by atoms with Crippen molar-refractivity contribution in [3.8, 4) is 11.6 Å². The highest BCUT2D eigenvalue weighted by Crippen LogP contribution is 2.20. The number of aliphatic imine (C=N–C) groups is 1. The number of pyridine rings is 1. The molecule has 0 amide bonds. The predicted molar refractivity (Wildman–Crippen MR) is 129 cm³/mol. The molecule has 6 nitrogen and oxygen atoms in total. The molecule has 0 atom stereocenters. The van der Waals surface area contributed by atoms with E-state index in [1.54, 1.807) is 31.4 Å². The van der Waals surface area contributed by atoms with E-state index in [1.807, 2.05) is 6.07 Å². The number of hydrogen-bond acceptors (Lipinski definition) is 4. The third kappa shape index (κ3) is 7.02. The zero-order valence-electron chi connectivity index (χ0n) is 18.9. The molecule has 3 aromatic rings. The number of halogens is 1. The van der Waals surface area contributed by atoms with Crippen molar-refractivity contribution in [2.24, 2.45) is 4.99 Å². The van der Waals surface area contributed by atoms with Crippen molar-refractivity contribution in [3.05, 3.63) is 89.4 Å². The third-order valence-corrected chi connectivity index (χ3v) is 5.59. The van der Waals surface area contributed by atoms with Gasteiger partial charge in [-0.1, -0.05) is 36.4 Å². The molecule has 1 aromatic heterocycles. The van der Waals surface area contributed by atoms with Crippen LogP contribution in [0.4, 0.5) is 4.39 Å². The second kappa shape index (κ2) is 11.4. The quantitative estimate of drug-likeness (QED) is 0.394. The number of guanidine groups is 1. The first-order valence-electron chi connectivity index (χ1n) is 11.3. The van der Waals surface area contributed by atoms with Crippen molar-refractivity contribution in [2.75, 3.05) is 20.1 Å². The summed E-state index contributed by atoms with van der Waals surface area (Å²) in [5.41, 5.74) is 3.56. The van der Waals surface area contributed by atoms with Gasteiger partial charge in [-0.25, -0.2) is 9.37 Å². The van der Waals surface area contributed by atoms with Crippen LogP contribution in [0.1, 0.15) is 29.5 Å². The molecule has 0 unspecified atom stereocenters. The Labute approximate surface area is 194 Å². The van der Waals surface area contributed by atoms with E-state index in [4.69, 9.17) is 4.74 Å². The molecular weight excluding hydrogens is 417 g/mol. The van der Waals surface area contributed by atoms with Crippen LogP contribution >= 0.6 is 0 Å². The molecule has 4 rings (SSSR count). The normalized spacial score (nSPS) is 14.3. The van der Waals surface area contributed by atoms with Gasteiger partial charge in [-0.15, -0.1) is 0 Å². The molecule has 1 fully saturated rings. The topological polar surface area (TPSA) is 61.8 Å². The van der Waals surface area contributed by atoms with E-state index < -0.39 is 0 Å². The molecule has 2 heterocycles. The van der Waals surface area contributed by atoms with Crippen LogP contribution < -0.4 is 15.4 Å². The lowest BCUT2D eigenvalue weighted by Crippen LogP contribution is -2.36. The largest absolute Gasteiger partial charge is 0.439 e. The van der Waals surface area contributed by atoms with Crippen LogP contribution in [-0.4, -0.2) is 36.0 Å². The van der Waals surface area contributed by atoms with Crippen LogP contribution in [0, 0.1) is 5.82 Å². The molecule has 0 saturated carbocycles. The van der Waals surface area contributed by atoms with E-state index in [0.29, 0.717) is 24.7 Å². The highest BCUT2D eigenvalue weighted by atomic mass is 19.1. The number of rotatable bonds is 8. The molecule has 0 bridgehead atoms. The Morgan fingerprint density at radius 1 is 0.970 bits per heavy atom. The van der Waals surface area contributed by atoms with Crippen LogP contribution in [0.2, 0.25) is 0 Å². The number of nitrogens with one attached hydrogen (secondary N) is 2. The lowest BCUT2D eigenvalue weighted by Gasteiger charge is -2.15. The van der Waals surface area contributed by atoms with Crippen LogP contribution in [0.15, 0.2) is 71.9 Å². The summed E-state index contributed by atoms with van der Waals surface area (Å²) in [5.74, 6) is 1.21. The molecule has 33 heavy (non-hydrogen) atoms. The second-order valence-electron chi connectivity index (χ2n) is 8.14. The molecule has 0 aliphatic carbocycles. The fourth-order valence-corrected chi connectivity index (χ4v) is 3.78. The second-order valence-corrected chi connectivity index (χ2v) is 8.14. The summed E-state index contributed by atoms with van der Waals surface area (Å²) < 4.78 is 18.9. The summed E-state index contributed by atoms with van der Waals surface area (Å²) in [6.07, 6.45) is 4.36. The van der Waals surface area contributed by atoms with Gasteiger partial charge in [0.25, 0.3) is 0 Å². The van der Waals surface area contributed by atoms with E-state index in [2.05, 4.69) is 49.8 Å². The lowest BCUT2D eigenvalue weighted by molar-refractivity contribution is 0.331. The Bertz CT molecular complexity index is 1050. The molecule has 0 spiro atoms. The Morgan fingerprint density at radius 3 is 2.33 bits per heavy atom. The van der Waals surface area contributed by atoms with Crippen molar-refractivity contribution < 1.29 is 9.13 Å². The molecule has 172 valence electrons. The first-order valence-corrected chi connectivity index (χ1v) is 11.3. The standard InChI is InChI=1S/C26H30FN5O/c1-28-26(30-16-20-7-9-21(10-8-20)19-32-13-2-3-14-32)31-18-22-11-12-25(29-17-22)33-24-6-4-5-23(27)15-24/h4-12,15,17H,2-3,13-14,16,18-19H2,1H3,(H2,28,30,31). The summed E-state index contributed by atoms with van der Waals surface area (Å²) in [6, 6.07) is 18.5. The number of likely N-dealkylation sites (tertiary alicyclic amines) is 1. The smallest absolute Gasteiger partial charge is 0.219 e. The number of aromatic nitrogens is 1. The van der Waals surface area contributed by atoms with Gasteiger partial charge in [-0.2, -0.15) is 0 Å². The molecule has 2 aromatic carbocycles. The van der Waals surface area contributed by atoms with Gasteiger partial charge < -0.3 is 15.4 Å². The number of nitrogens with zero attached hydrogens (tertiary/aromatic N) is 3. The zero-order valence-corrected chi connectivity index (χ0v) is 18.9. The van der Waals surface area contributed by atoms with Crippen molar-refractivity contribution in [1.82, 2.24) is 20.5 Å². The van der Waals surface area contributed by atoms with Gasteiger partial charge >= 0.3 is 0 Å². The van der Waals surface area contributed by atoms with Crippen molar-refractivity contribution in [3.63, 3.8) is 0 Å². The monoisotopic (exact) mass is 447 g/mol. The van der Waals surface area contributed by atoms with E-state index in [9.17, 15) is 4.39 Å². The molecular formula is C26H30FN5O. The summed E-state index contributed by atoms with van der Waals surface area (Å²) in [6.45, 7) is 4.73. The minimum Gasteiger partial charge on any atom is -0.439 e. The minimum absolute atomic E-state index is 0.342. The maximum Gasteiger partial charge on any atom is 0.219 e. The highest BCUT2D eigenvalue weighted by molar-refractivity contribution is 5.79. The maximum absolute atomic E-state index is 13.3. The van der Waals surface area contributed by atoms with Crippen LogP contribution in [-0.2, 0) is 19.6 Å². The molecule has 7 heteroatoms. The summed E-state index contributed by atoms with van der Waals surface area (Å²) in [4.78, 5) is 11.1. The van der Waals surface area contributed by atoms with Gasteiger partial charge in [-0.3, -0.25) is 9.89 Å². The molecule has 0 radical (unpaired) electrons. The average molecular weight is 448 g/mol. The zero-order chi connectivity index (χ0) is 22.9. The minimum atomic E-state index is -0.342. The molecule has 1 aliphatic heterocycles. The van der Waals surface area contributed by atoms with E-state index in [1.165, 1.54) is 49.2 Å². The number of ether oxygens (including phenoxy) is 1.